The minimum atomic E-state index is -1.06. The molecule has 2 aromatic carbocycles. The van der Waals surface area contributed by atoms with Crippen LogP contribution in [-0.2, 0) is 9.53 Å². The second kappa shape index (κ2) is 8.07. The molecule has 2 aromatic rings. The molecule has 0 radical (unpaired) electrons. The summed E-state index contributed by atoms with van der Waals surface area (Å²) in [6.07, 6.45) is 0. The highest BCUT2D eigenvalue weighted by molar-refractivity contribution is 6.00. The van der Waals surface area contributed by atoms with Gasteiger partial charge in [-0.1, -0.05) is 20.8 Å². The third kappa shape index (κ3) is 5.44. The van der Waals surface area contributed by atoms with Gasteiger partial charge in [-0.25, -0.2) is 13.6 Å². The van der Waals surface area contributed by atoms with Gasteiger partial charge >= 0.3 is 5.97 Å². The largest absolute Gasteiger partial charge is 0.454 e. The van der Waals surface area contributed by atoms with Crippen LogP contribution in [0.5, 0.6) is 0 Å². The summed E-state index contributed by atoms with van der Waals surface area (Å²) in [4.78, 5) is 35.8. The van der Waals surface area contributed by atoms with E-state index in [0.29, 0.717) is 11.8 Å². The highest BCUT2D eigenvalue weighted by Gasteiger charge is 2.21. The summed E-state index contributed by atoms with van der Waals surface area (Å²) in [5.74, 6) is -3.61. The maximum atomic E-state index is 13.5. The molecule has 1 N–H and O–H groups in total. The number of ketones is 1. The second-order valence-electron chi connectivity index (χ2n) is 6.90. The summed E-state index contributed by atoms with van der Waals surface area (Å²) in [7, 11) is 0. The SMILES string of the molecule is CC(C)(C)C(=O)Nc1ccc(C(=O)COC(=O)c2ccc(F)cc2F)cc1. The molecular weight excluding hydrogens is 356 g/mol. The summed E-state index contributed by atoms with van der Waals surface area (Å²) < 4.78 is 31.2. The molecule has 1 amide bonds. The molecule has 142 valence electrons. The average Bonchev–Trinajstić information content (AvgIpc) is 2.59. The molecule has 7 heteroatoms. The van der Waals surface area contributed by atoms with Crippen LogP contribution in [0.15, 0.2) is 42.5 Å². The van der Waals surface area contributed by atoms with Crippen molar-refractivity contribution in [2.75, 3.05) is 11.9 Å². The Hall–Kier alpha value is -3.09. The lowest BCUT2D eigenvalue weighted by Gasteiger charge is -2.17. The first-order chi connectivity index (χ1) is 12.6. The summed E-state index contributed by atoms with van der Waals surface area (Å²) in [5.41, 5.74) is -0.226. The fraction of sp³-hybridized carbons (Fsp3) is 0.250. The van der Waals surface area contributed by atoms with E-state index in [0.717, 1.165) is 12.1 Å². The van der Waals surface area contributed by atoms with Gasteiger partial charge in [0.1, 0.15) is 11.6 Å². The van der Waals surface area contributed by atoms with Gasteiger partial charge in [0.05, 0.1) is 5.56 Å². The summed E-state index contributed by atoms with van der Waals surface area (Å²) >= 11 is 0. The molecule has 0 saturated heterocycles. The van der Waals surface area contributed by atoms with E-state index in [2.05, 4.69) is 5.32 Å². The lowest BCUT2D eigenvalue weighted by Crippen LogP contribution is -2.27. The molecule has 0 aliphatic carbocycles. The van der Waals surface area contributed by atoms with E-state index < -0.39 is 41.0 Å². The first-order valence-electron chi connectivity index (χ1n) is 8.15. The zero-order valence-electron chi connectivity index (χ0n) is 15.1. The topological polar surface area (TPSA) is 72.5 Å². The quantitative estimate of drug-likeness (QED) is 0.634. The monoisotopic (exact) mass is 375 g/mol. The van der Waals surface area contributed by atoms with Crippen molar-refractivity contribution in [3.8, 4) is 0 Å². The second-order valence-corrected chi connectivity index (χ2v) is 6.90. The zero-order chi connectivity index (χ0) is 20.2. The van der Waals surface area contributed by atoms with Crippen molar-refractivity contribution in [3.05, 3.63) is 65.2 Å². The molecule has 0 heterocycles. The number of amides is 1. The molecule has 0 saturated carbocycles. The molecule has 0 aliphatic rings. The Morgan fingerprint density at radius 1 is 1.00 bits per heavy atom. The van der Waals surface area contributed by atoms with Gasteiger partial charge in [0.25, 0.3) is 0 Å². The normalized spacial score (nSPS) is 11.0. The highest BCUT2D eigenvalue weighted by atomic mass is 19.1. The van der Waals surface area contributed by atoms with E-state index in [1.807, 2.05) is 0 Å². The first kappa shape index (κ1) is 20.2. The third-order valence-corrected chi connectivity index (χ3v) is 3.63. The molecule has 2 rings (SSSR count). The number of anilines is 1. The van der Waals surface area contributed by atoms with Gasteiger partial charge in [0, 0.05) is 22.7 Å². The summed E-state index contributed by atoms with van der Waals surface area (Å²) in [5, 5.41) is 2.72. The molecule has 5 nitrogen and oxygen atoms in total. The predicted octanol–water partition coefficient (Wildman–Crippen LogP) is 3.99. The van der Waals surface area contributed by atoms with Gasteiger partial charge in [-0.3, -0.25) is 9.59 Å². The number of rotatable bonds is 5. The van der Waals surface area contributed by atoms with Gasteiger partial charge in [0.2, 0.25) is 5.91 Å². The standard InChI is InChI=1S/C20H19F2NO4/c1-20(2,3)19(26)23-14-7-4-12(5-8-14)17(24)11-27-18(25)15-9-6-13(21)10-16(15)22/h4-10H,11H2,1-3H3,(H,23,26). The number of carbonyl (C=O) groups excluding carboxylic acids is 3. The van der Waals surface area contributed by atoms with E-state index >= 15 is 0 Å². The lowest BCUT2D eigenvalue weighted by atomic mass is 9.95. The lowest BCUT2D eigenvalue weighted by molar-refractivity contribution is -0.123. The molecule has 0 aromatic heterocycles. The van der Waals surface area contributed by atoms with E-state index in [1.165, 1.54) is 12.1 Å². The molecule has 0 fully saturated rings. The minimum Gasteiger partial charge on any atom is -0.454 e. The zero-order valence-corrected chi connectivity index (χ0v) is 15.1. The third-order valence-electron chi connectivity index (χ3n) is 3.63. The van der Waals surface area contributed by atoms with E-state index in [1.54, 1.807) is 32.9 Å². The van der Waals surface area contributed by atoms with E-state index in [4.69, 9.17) is 4.74 Å². The van der Waals surface area contributed by atoms with Crippen molar-refractivity contribution in [1.29, 1.82) is 0 Å². The van der Waals surface area contributed by atoms with Crippen LogP contribution in [0.1, 0.15) is 41.5 Å². The number of hydrogen-bond acceptors (Lipinski definition) is 4. The molecule has 0 aliphatic heterocycles. The Morgan fingerprint density at radius 2 is 1.63 bits per heavy atom. The van der Waals surface area contributed by atoms with Crippen molar-refractivity contribution < 1.29 is 27.9 Å². The number of hydrogen-bond donors (Lipinski definition) is 1. The number of benzene rings is 2. The molecule has 0 bridgehead atoms. The van der Waals surface area contributed by atoms with Crippen LogP contribution in [0.3, 0.4) is 0 Å². The van der Waals surface area contributed by atoms with Crippen molar-refractivity contribution in [2.45, 2.75) is 20.8 Å². The number of nitrogens with one attached hydrogen (secondary N) is 1. The Morgan fingerprint density at radius 3 is 2.19 bits per heavy atom. The van der Waals surface area contributed by atoms with Crippen LogP contribution >= 0.6 is 0 Å². The summed E-state index contributed by atoms with van der Waals surface area (Å²) in [6.45, 7) is 4.74. The highest BCUT2D eigenvalue weighted by Crippen LogP contribution is 2.18. The fourth-order valence-corrected chi connectivity index (χ4v) is 2.01. The van der Waals surface area contributed by atoms with Crippen molar-refractivity contribution in [1.82, 2.24) is 0 Å². The minimum absolute atomic E-state index is 0.170. The van der Waals surface area contributed by atoms with E-state index in [9.17, 15) is 23.2 Å². The fourth-order valence-electron chi connectivity index (χ4n) is 2.01. The summed E-state index contributed by atoms with van der Waals surface area (Å²) in [6, 6.07) is 8.50. The van der Waals surface area contributed by atoms with Gasteiger partial charge in [-0.2, -0.15) is 0 Å². The van der Waals surface area contributed by atoms with Crippen LogP contribution in [0.2, 0.25) is 0 Å². The van der Waals surface area contributed by atoms with Gasteiger partial charge < -0.3 is 10.1 Å². The molecule has 27 heavy (non-hydrogen) atoms. The molecular formula is C20H19F2NO4. The Labute approximate surface area is 155 Å². The maximum Gasteiger partial charge on any atom is 0.341 e. The number of carbonyl (C=O) groups is 3. The number of esters is 1. The van der Waals surface area contributed by atoms with Gasteiger partial charge in [-0.05, 0) is 36.4 Å². The number of ether oxygens (including phenoxy) is 1. The van der Waals surface area contributed by atoms with Crippen LogP contribution < -0.4 is 5.32 Å². The Bertz CT molecular complexity index is 871. The van der Waals surface area contributed by atoms with Crippen LogP contribution in [0.25, 0.3) is 0 Å². The smallest absolute Gasteiger partial charge is 0.341 e. The maximum absolute atomic E-state index is 13.5. The van der Waals surface area contributed by atoms with Gasteiger partial charge in [0.15, 0.2) is 12.4 Å². The molecule has 0 spiro atoms. The van der Waals surface area contributed by atoms with E-state index in [-0.39, 0.29) is 11.5 Å². The molecule has 0 unspecified atom stereocenters. The number of halogens is 2. The Kier molecular flexibility index (Phi) is 6.05. The van der Waals surface area contributed by atoms with Crippen molar-refractivity contribution >= 4 is 23.3 Å². The number of Topliss-reactive ketones (excluding diaryl/α,β-unsaturated/α-hetero) is 1. The molecule has 0 atom stereocenters. The van der Waals surface area contributed by atoms with Crippen molar-refractivity contribution in [3.63, 3.8) is 0 Å². The van der Waals surface area contributed by atoms with Crippen LogP contribution in [-0.4, -0.2) is 24.3 Å². The Balaban J connectivity index is 1.96. The van der Waals surface area contributed by atoms with Crippen LogP contribution in [0.4, 0.5) is 14.5 Å². The van der Waals surface area contributed by atoms with Gasteiger partial charge in [-0.15, -0.1) is 0 Å². The van der Waals surface area contributed by atoms with Crippen LogP contribution in [0, 0.1) is 17.0 Å². The van der Waals surface area contributed by atoms with Crippen molar-refractivity contribution in [2.24, 2.45) is 5.41 Å². The average molecular weight is 375 g/mol. The predicted molar refractivity (Wildman–Crippen MR) is 95.5 cm³/mol. The first-order valence-corrected chi connectivity index (χ1v) is 8.15.